The molecule has 8 nitrogen and oxygen atoms in total. The molecule has 0 aliphatic carbocycles. The number of hydrogen-bond donors (Lipinski definition) is 1. The Morgan fingerprint density at radius 2 is 1.86 bits per heavy atom. The number of hydrogen-bond acceptors (Lipinski definition) is 5. The highest BCUT2D eigenvalue weighted by atomic mass is 32.2. The molecule has 1 aliphatic rings. The van der Waals surface area contributed by atoms with E-state index >= 15 is 0 Å². The SMILES string of the molecule is COc1ccc(-c2cc(C(=O)N3C[C@H](C)C[C@H](C)C3)[nH]n2)cc1S(=O)(=O)N(C)C. The number of carbonyl (C=O) groups excluding carboxylic acids is 1. The molecular weight excluding hydrogens is 392 g/mol. The number of nitrogens with zero attached hydrogens (tertiary/aromatic N) is 3. The second-order valence-corrected chi connectivity index (χ2v) is 10.1. The fourth-order valence-electron chi connectivity index (χ4n) is 3.81. The summed E-state index contributed by atoms with van der Waals surface area (Å²) in [7, 11) is 0.664. The van der Waals surface area contributed by atoms with E-state index in [0.717, 1.165) is 23.8 Å². The molecule has 3 rings (SSSR count). The summed E-state index contributed by atoms with van der Waals surface area (Å²) in [6, 6.07) is 6.50. The van der Waals surface area contributed by atoms with E-state index in [1.54, 1.807) is 18.2 Å². The molecule has 2 heterocycles. The molecule has 2 atom stereocenters. The molecule has 1 saturated heterocycles. The monoisotopic (exact) mass is 420 g/mol. The number of likely N-dealkylation sites (tertiary alicyclic amines) is 1. The minimum atomic E-state index is -3.69. The molecule has 0 bridgehead atoms. The Morgan fingerprint density at radius 1 is 1.21 bits per heavy atom. The second-order valence-electron chi connectivity index (χ2n) is 7.98. The van der Waals surface area contributed by atoms with Crippen LogP contribution in [0.1, 0.15) is 30.8 Å². The van der Waals surface area contributed by atoms with Gasteiger partial charge < -0.3 is 9.64 Å². The summed E-state index contributed by atoms with van der Waals surface area (Å²) >= 11 is 0. The fourth-order valence-corrected chi connectivity index (χ4v) is 4.89. The normalized spacial score (nSPS) is 20.1. The first-order valence-corrected chi connectivity index (χ1v) is 11.0. The number of sulfonamides is 1. The van der Waals surface area contributed by atoms with Gasteiger partial charge in [0, 0.05) is 32.7 Å². The third-order valence-electron chi connectivity index (χ3n) is 5.18. The molecule has 1 fully saturated rings. The maximum absolute atomic E-state index is 12.9. The molecular formula is C20H28N4O4S. The Bertz CT molecular complexity index is 990. The van der Waals surface area contributed by atoms with Crippen LogP contribution in [-0.2, 0) is 10.0 Å². The van der Waals surface area contributed by atoms with E-state index in [0.29, 0.717) is 28.8 Å². The van der Waals surface area contributed by atoms with Gasteiger partial charge in [0.25, 0.3) is 5.91 Å². The minimum absolute atomic E-state index is 0.0528. The van der Waals surface area contributed by atoms with E-state index in [2.05, 4.69) is 24.0 Å². The van der Waals surface area contributed by atoms with Crippen LogP contribution in [0.15, 0.2) is 29.2 Å². The highest BCUT2D eigenvalue weighted by molar-refractivity contribution is 7.89. The number of aromatic amines is 1. The fraction of sp³-hybridized carbons (Fsp3) is 0.500. The quantitative estimate of drug-likeness (QED) is 0.802. The number of carbonyl (C=O) groups is 1. The number of H-pyrrole nitrogens is 1. The maximum atomic E-state index is 12.9. The molecule has 1 amide bonds. The van der Waals surface area contributed by atoms with Crippen molar-refractivity contribution in [1.29, 1.82) is 0 Å². The predicted molar refractivity (Wildman–Crippen MR) is 110 cm³/mol. The zero-order chi connectivity index (χ0) is 21.3. The van der Waals surface area contributed by atoms with Crippen LogP contribution in [0.4, 0.5) is 0 Å². The maximum Gasteiger partial charge on any atom is 0.271 e. The highest BCUT2D eigenvalue weighted by Crippen LogP contribution is 2.31. The van der Waals surface area contributed by atoms with Crippen LogP contribution in [0.5, 0.6) is 5.75 Å². The second kappa shape index (κ2) is 8.16. The largest absolute Gasteiger partial charge is 0.495 e. The van der Waals surface area contributed by atoms with Crippen LogP contribution in [0, 0.1) is 11.8 Å². The van der Waals surface area contributed by atoms with Gasteiger partial charge >= 0.3 is 0 Å². The van der Waals surface area contributed by atoms with E-state index in [1.165, 1.54) is 27.3 Å². The molecule has 1 aromatic heterocycles. The molecule has 158 valence electrons. The minimum Gasteiger partial charge on any atom is -0.495 e. The van der Waals surface area contributed by atoms with Crippen LogP contribution < -0.4 is 4.74 Å². The standard InChI is InChI=1S/C20H28N4O4S/c1-13-8-14(2)12-24(11-13)20(25)17-10-16(21-22-17)15-6-7-18(28-5)19(9-15)29(26,27)23(3)4/h6-7,9-10,13-14H,8,11-12H2,1-5H3,(H,21,22)/t13-,14+. The first-order chi connectivity index (χ1) is 13.6. The van der Waals surface area contributed by atoms with E-state index in [-0.39, 0.29) is 16.6 Å². The Hall–Kier alpha value is -2.39. The average Bonchev–Trinajstić information content (AvgIpc) is 3.16. The summed E-state index contributed by atoms with van der Waals surface area (Å²) in [5.74, 6) is 1.10. The van der Waals surface area contributed by atoms with Gasteiger partial charge in [0.15, 0.2) is 0 Å². The first kappa shape index (κ1) is 21.3. The molecule has 1 N–H and O–H groups in total. The lowest BCUT2D eigenvalue weighted by atomic mass is 9.92. The Morgan fingerprint density at radius 3 is 2.45 bits per heavy atom. The van der Waals surface area contributed by atoms with Gasteiger partial charge in [-0.1, -0.05) is 13.8 Å². The summed E-state index contributed by atoms with van der Waals surface area (Å²) in [6.07, 6.45) is 1.12. The Balaban J connectivity index is 1.92. The molecule has 0 unspecified atom stereocenters. The first-order valence-electron chi connectivity index (χ1n) is 9.59. The topological polar surface area (TPSA) is 95.6 Å². The number of rotatable bonds is 5. The van der Waals surface area contributed by atoms with Gasteiger partial charge in [-0.3, -0.25) is 9.89 Å². The number of methoxy groups -OCH3 is 1. The van der Waals surface area contributed by atoms with Crippen LogP contribution >= 0.6 is 0 Å². The number of nitrogens with one attached hydrogen (secondary N) is 1. The molecule has 2 aromatic rings. The number of ether oxygens (including phenoxy) is 1. The predicted octanol–water partition coefficient (Wildman–Crippen LogP) is 2.45. The zero-order valence-corrected chi connectivity index (χ0v) is 18.3. The van der Waals surface area contributed by atoms with Crippen LogP contribution in [0.2, 0.25) is 0 Å². The van der Waals surface area contributed by atoms with Gasteiger partial charge in [-0.25, -0.2) is 12.7 Å². The van der Waals surface area contributed by atoms with E-state index in [9.17, 15) is 13.2 Å². The molecule has 9 heteroatoms. The summed E-state index contributed by atoms with van der Waals surface area (Å²) < 4.78 is 31.6. The van der Waals surface area contributed by atoms with Crippen LogP contribution in [-0.4, -0.2) is 68.0 Å². The van der Waals surface area contributed by atoms with Gasteiger partial charge in [0.2, 0.25) is 10.0 Å². The van der Waals surface area contributed by atoms with Crippen molar-refractivity contribution in [3.63, 3.8) is 0 Å². The number of aromatic nitrogens is 2. The molecule has 0 radical (unpaired) electrons. The number of piperidine rings is 1. The van der Waals surface area contributed by atoms with Crippen LogP contribution in [0.3, 0.4) is 0 Å². The Kier molecular flexibility index (Phi) is 6.00. The Labute approximate surface area is 171 Å². The summed E-state index contributed by atoms with van der Waals surface area (Å²) in [5, 5.41) is 7.05. The number of benzene rings is 1. The van der Waals surface area contributed by atoms with E-state index in [1.807, 2.05) is 4.90 Å². The lowest BCUT2D eigenvalue weighted by molar-refractivity contribution is 0.0617. The van der Waals surface area contributed by atoms with Gasteiger partial charge in [0.1, 0.15) is 16.3 Å². The molecule has 0 spiro atoms. The summed E-state index contributed by atoms with van der Waals surface area (Å²) in [5.41, 5.74) is 1.49. The van der Waals surface area contributed by atoms with E-state index in [4.69, 9.17) is 4.74 Å². The van der Waals surface area contributed by atoms with Crippen molar-refractivity contribution in [1.82, 2.24) is 19.4 Å². The van der Waals surface area contributed by atoms with Gasteiger partial charge in [-0.2, -0.15) is 5.10 Å². The molecule has 29 heavy (non-hydrogen) atoms. The summed E-state index contributed by atoms with van der Waals surface area (Å²) in [4.78, 5) is 14.8. The highest BCUT2D eigenvalue weighted by Gasteiger charge is 2.28. The van der Waals surface area contributed by atoms with Crippen LogP contribution in [0.25, 0.3) is 11.3 Å². The average molecular weight is 421 g/mol. The third-order valence-corrected chi connectivity index (χ3v) is 7.02. The van der Waals surface area contributed by atoms with Crippen molar-refractivity contribution < 1.29 is 17.9 Å². The molecule has 0 saturated carbocycles. The van der Waals surface area contributed by atoms with E-state index < -0.39 is 10.0 Å². The zero-order valence-electron chi connectivity index (χ0n) is 17.5. The lowest BCUT2D eigenvalue weighted by Crippen LogP contribution is -2.42. The van der Waals surface area contributed by atoms with Gasteiger partial charge in [-0.15, -0.1) is 0 Å². The van der Waals surface area contributed by atoms with Crippen molar-refractivity contribution in [3.05, 3.63) is 30.0 Å². The van der Waals surface area contributed by atoms with Crippen molar-refractivity contribution >= 4 is 15.9 Å². The third kappa shape index (κ3) is 4.30. The summed E-state index contributed by atoms with van der Waals surface area (Å²) in [6.45, 7) is 5.76. The van der Waals surface area contributed by atoms with Crippen molar-refractivity contribution in [2.24, 2.45) is 11.8 Å². The molecule has 1 aromatic carbocycles. The van der Waals surface area contributed by atoms with Crippen molar-refractivity contribution in [2.45, 2.75) is 25.2 Å². The van der Waals surface area contributed by atoms with Crippen molar-refractivity contribution in [2.75, 3.05) is 34.3 Å². The van der Waals surface area contributed by atoms with Gasteiger partial charge in [0.05, 0.1) is 12.8 Å². The van der Waals surface area contributed by atoms with Crippen molar-refractivity contribution in [3.8, 4) is 17.0 Å². The lowest BCUT2D eigenvalue weighted by Gasteiger charge is -2.34. The number of amides is 1. The molecule has 1 aliphatic heterocycles. The smallest absolute Gasteiger partial charge is 0.271 e. The van der Waals surface area contributed by atoms with Gasteiger partial charge in [-0.05, 0) is 42.5 Å².